The summed E-state index contributed by atoms with van der Waals surface area (Å²) in [5.74, 6) is 0.805. The Morgan fingerprint density at radius 2 is 2.15 bits per heavy atom. The molecule has 1 aromatic rings. The van der Waals surface area contributed by atoms with Crippen molar-refractivity contribution in [2.45, 2.75) is 25.0 Å². The molecule has 2 rings (SSSR count). The van der Waals surface area contributed by atoms with Crippen LogP contribution in [-0.2, 0) is 6.54 Å². The molecule has 6 nitrogen and oxygen atoms in total. The van der Waals surface area contributed by atoms with Crippen molar-refractivity contribution >= 4 is 6.09 Å². The molecule has 1 aliphatic heterocycles. The van der Waals surface area contributed by atoms with Gasteiger partial charge in [-0.05, 0) is 24.1 Å². The standard InChI is InChI=1S/C14H20N2O4/c1-20-13-4-2-10(3-5-13)7-16-8-11(15-14(18)19)6-12(16)9-17/h2-5,11-12,15,17H,6-9H2,1H3,(H,18,19)/t11-,12+/m1/s1. The van der Waals surface area contributed by atoms with E-state index in [0.717, 1.165) is 11.3 Å². The lowest BCUT2D eigenvalue weighted by Crippen LogP contribution is -2.36. The molecule has 1 heterocycles. The van der Waals surface area contributed by atoms with Gasteiger partial charge in [0.25, 0.3) is 0 Å². The highest BCUT2D eigenvalue weighted by molar-refractivity contribution is 5.64. The van der Waals surface area contributed by atoms with Crippen molar-refractivity contribution in [3.05, 3.63) is 29.8 Å². The average Bonchev–Trinajstić information content (AvgIpc) is 2.80. The van der Waals surface area contributed by atoms with E-state index in [1.165, 1.54) is 0 Å². The van der Waals surface area contributed by atoms with E-state index in [9.17, 15) is 9.90 Å². The molecule has 0 radical (unpaired) electrons. The van der Waals surface area contributed by atoms with Crippen molar-refractivity contribution in [2.75, 3.05) is 20.3 Å². The van der Waals surface area contributed by atoms with Gasteiger partial charge < -0.3 is 20.3 Å². The predicted octanol–water partition coefficient (Wildman–Crippen LogP) is 0.898. The maximum absolute atomic E-state index is 10.7. The van der Waals surface area contributed by atoms with Crippen LogP contribution in [0.5, 0.6) is 5.75 Å². The van der Waals surface area contributed by atoms with Gasteiger partial charge in [-0.25, -0.2) is 4.79 Å². The Bertz CT molecular complexity index is 449. The lowest BCUT2D eigenvalue weighted by molar-refractivity contribution is 0.153. The highest BCUT2D eigenvalue weighted by atomic mass is 16.5. The van der Waals surface area contributed by atoms with Gasteiger partial charge in [0.2, 0.25) is 0 Å². The van der Waals surface area contributed by atoms with Gasteiger partial charge in [0.1, 0.15) is 5.75 Å². The second-order valence-electron chi connectivity index (χ2n) is 5.00. The fourth-order valence-corrected chi connectivity index (χ4v) is 2.61. The molecule has 1 aliphatic rings. The number of nitrogens with zero attached hydrogens (tertiary/aromatic N) is 1. The number of aliphatic hydroxyl groups excluding tert-OH is 1. The summed E-state index contributed by atoms with van der Waals surface area (Å²) in [6.07, 6.45) is -0.378. The average molecular weight is 280 g/mol. The molecule has 0 unspecified atom stereocenters. The van der Waals surface area contributed by atoms with Gasteiger partial charge in [-0.3, -0.25) is 4.90 Å². The zero-order chi connectivity index (χ0) is 14.5. The summed E-state index contributed by atoms with van der Waals surface area (Å²) in [5.41, 5.74) is 1.11. The second-order valence-corrected chi connectivity index (χ2v) is 5.00. The first-order valence-corrected chi connectivity index (χ1v) is 6.59. The number of hydrogen-bond acceptors (Lipinski definition) is 4. The molecule has 1 aromatic carbocycles. The molecule has 1 fully saturated rings. The summed E-state index contributed by atoms with van der Waals surface area (Å²) in [5, 5.41) is 20.7. The number of hydrogen-bond donors (Lipinski definition) is 3. The Balaban J connectivity index is 1.97. The van der Waals surface area contributed by atoms with Gasteiger partial charge in [-0.15, -0.1) is 0 Å². The van der Waals surface area contributed by atoms with Gasteiger partial charge in [-0.1, -0.05) is 12.1 Å². The first-order valence-electron chi connectivity index (χ1n) is 6.59. The number of ether oxygens (including phenoxy) is 1. The lowest BCUT2D eigenvalue weighted by atomic mass is 10.1. The first kappa shape index (κ1) is 14.6. The molecule has 110 valence electrons. The normalized spacial score (nSPS) is 22.7. The summed E-state index contributed by atoms with van der Waals surface area (Å²) < 4.78 is 5.11. The highest BCUT2D eigenvalue weighted by Gasteiger charge is 2.32. The lowest BCUT2D eigenvalue weighted by Gasteiger charge is -2.22. The van der Waals surface area contributed by atoms with Gasteiger partial charge in [0.15, 0.2) is 0 Å². The van der Waals surface area contributed by atoms with E-state index >= 15 is 0 Å². The van der Waals surface area contributed by atoms with Crippen molar-refractivity contribution in [3.63, 3.8) is 0 Å². The van der Waals surface area contributed by atoms with Gasteiger partial charge in [-0.2, -0.15) is 0 Å². The van der Waals surface area contributed by atoms with Crippen LogP contribution in [0.25, 0.3) is 0 Å². The van der Waals surface area contributed by atoms with E-state index in [1.807, 2.05) is 24.3 Å². The van der Waals surface area contributed by atoms with Gasteiger partial charge >= 0.3 is 6.09 Å². The third-order valence-corrected chi connectivity index (χ3v) is 3.61. The van der Waals surface area contributed by atoms with Crippen LogP contribution in [0.2, 0.25) is 0 Å². The Kier molecular flexibility index (Phi) is 4.81. The number of carbonyl (C=O) groups is 1. The van der Waals surface area contributed by atoms with Crippen molar-refractivity contribution in [1.29, 1.82) is 0 Å². The smallest absolute Gasteiger partial charge is 0.404 e. The number of amides is 1. The summed E-state index contributed by atoms with van der Waals surface area (Å²) in [6.45, 7) is 1.34. The Hall–Kier alpha value is -1.79. The third kappa shape index (κ3) is 3.61. The van der Waals surface area contributed by atoms with E-state index in [2.05, 4.69) is 10.2 Å². The molecule has 0 bridgehead atoms. The van der Waals surface area contributed by atoms with Crippen LogP contribution >= 0.6 is 0 Å². The number of methoxy groups -OCH3 is 1. The molecule has 3 N–H and O–H groups in total. The van der Waals surface area contributed by atoms with Crippen LogP contribution in [0.4, 0.5) is 4.79 Å². The number of likely N-dealkylation sites (tertiary alicyclic amines) is 1. The van der Waals surface area contributed by atoms with Crippen LogP contribution in [0.1, 0.15) is 12.0 Å². The fourth-order valence-electron chi connectivity index (χ4n) is 2.61. The molecular formula is C14H20N2O4. The van der Waals surface area contributed by atoms with E-state index in [1.54, 1.807) is 7.11 Å². The fraction of sp³-hybridized carbons (Fsp3) is 0.500. The van der Waals surface area contributed by atoms with Crippen molar-refractivity contribution < 1.29 is 19.7 Å². The minimum absolute atomic E-state index is 0.00560. The van der Waals surface area contributed by atoms with Crippen LogP contribution < -0.4 is 10.1 Å². The summed E-state index contributed by atoms with van der Waals surface area (Å²) in [7, 11) is 1.62. The number of benzene rings is 1. The number of rotatable bonds is 5. The summed E-state index contributed by atoms with van der Waals surface area (Å²) >= 11 is 0. The van der Waals surface area contributed by atoms with E-state index < -0.39 is 6.09 Å². The van der Waals surface area contributed by atoms with Crippen molar-refractivity contribution in [2.24, 2.45) is 0 Å². The Morgan fingerprint density at radius 1 is 1.45 bits per heavy atom. The van der Waals surface area contributed by atoms with Crippen LogP contribution in [-0.4, -0.2) is 53.6 Å². The van der Waals surface area contributed by atoms with E-state index in [-0.39, 0.29) is 18.7 Å². The van der Waals surface area contributed by atoms with Crippen molar-refractivity contribution in [1.82, 2.24) is 10.2 Å². The number of aliphatic hydroxyl groups is 1. The molecule has 20 heavy (non-hydrogen) atoms. The maximum atomic E-state index is 10.7. The summed E-state index contributed by atoms with van der Waals surface area (Å²) in [4.78, 5) is 12.8. The van der Waals surface area contributed by atoms with E-state index in [0.29, 0.717) is 19.5 Å². The van der Waals surface area contributed by atoms with E-state index in [4.69, 9.17) is 9.84 Å². The van der Waals surface area contributed by atoms with Gasteiger partial charge in [0.05, 0.1) is 13.7 Å². The van der Waals surface area contributed by atoms with Crippen molar-refractivity contribution in [3.8, 4) is 5.75 Å². The predicted molar refractivity (Wildman–Crippen MR) is 73.8 cm³/mol. The topological polar surface area (TPSA) is 82.0 Å². The Morgan fingerprint density at radius 3 is 2.70 bits per heavy atom. The zero-order valence-electron chi connectivity index (χ0n) is 11.5. The Labute approximate surface area is 118 Å². The largest absolute Gasteiger partial charge is 0.497 e. The highest BCUT2D eigenvalue weighted by Crippen LogP contribution is 2.21. The quantitative estimate of drug-likeness (QED) is 0.746. The third-order valence-electron chi connectivity index (χ3n) is 3.61. The number of nitrogens with one attached hydrogen (secondary N) is 1. The molecule has 1 saturated heterocycles. The molecule has 1 amide bonds. The molecule has 0 spiro atoms. The van der Waals surface area contributed by atoms with Crippen LogP contribution in [0.15, 0.2) is 24.3 Å². The molecule has 6 heteroatoms. The SMILES string of the molecule is COc1ccc(CN2C[C@H](NC(=O)O)C[C@H]2CO)cc1. The minimum atomic E-state index is -1.02. The van der Waals surface area contributed by atoms with Crippen LogP contribution in [0, 0.1) is 0 Å². The maximum Gasteiger partial charge on any atom is 0.404 e. The monoisotopic (exact) mass is 280 g/mol. The molecule has 0 aromatic heterocycles. The molecule has 2 atom stereocenters. The first-order chi connectivity index (χ1) is 9.62. The second kappa shape index (κ2) is 6.58. The minimum Gasteiger partial charge on any atom is -0.497 e. The van der Waals surface area contributed by atoms with Crippen LogP contribution in [0.3, 0.4) is 0 Å². The van der Waals surface area contributed by atoms with Gasteiger partial charge in [0, 0.05) is 25.2 Å². The molecule has 0 saturated carbocycles. The molecule has 0 aliphatic carbocycles. The number of carboxylic acid groups (broad SMARTS) is 1. The molecular weight excluding hydrogens is 260 g/mol. The zero-order valence-corrected chi connectivity index (χ0v) is 11.5. The summed E-state index contributed by atoms with van der Waals surface area (Å²) in [6, 6.07) is 7.62.